The second-order valence-electron chi connectivity index (χ2n) is 3.26. The highest BCUT2D eigenvalue weighted by atomic mass is 79.9. The van der Waals surface area contributed by atoms with Gasteiger partial charge in [0.25, 0.3) is 0 Å². The number of halogens is 2. The van der Waals surface area contributed by atoms with Gasteiger partial charge in [-0.25, -0.2) is 4.98 Å². The van der Waals surface area contributed by atoms with Crippen molar-refractivity contribution in [1.82, 2.24) is 4.98 Å². The van der Waals surface area contributed by atoms with Crippen LogP contribution in [0.15, 0.2) is 41.0 Å². The fourth-order valence-electron chi connectivity index (χ4n) is 1.29. The molecule has 0 fully saturated rings. The number of hydrogen-bond acceptors (Lipinski definition) is 3. The summed E-state index contributed by atoms with van der Waals surface area (Å²) in [6.07, 6.45) is 1.55. The molecular formula is C12H7BrClN3. The van der Waals surface area contributed by atoms with Gasteiger partial charge >= 0.3 is 0 Å². The summed E-state index contributed by atoms with van der Waals surface area (Å²) in [6, 6.07) is 11.2. The van der Waals surface area contributed by atoms with Crippen molar-refractivity contribution < 1.29 is 0 Å². The molecule has 17 heavy (non-hydrogen) atoms. The molecule has 84 valence electrons. The van der Waals surface area contributed by atoms with Gasteiger partial charge < -0.3 is 5.32 Å². The summed E-state index contributed by atoms with van der Waals surface area (Å²) >= 11 is 9.39. The maximum Gasteiger partial charge on any atom is 0.150 e. The normalized spacial score (nSPS) is 9.71. The number of pyridine rings is 1. The summed E-state index contributed by atoms with van der Waals surface area (Å²) in [6.45, 7) is 0. The third kappa shape index (κ3) is 2.76. The van der Waals surface area contributed by atoms with Crippen molar-refractivity contribution in [3.8, 4) is 6.07 Å². The van der Waals surface area contributed by atoms with E-state index in [1.165, 1.54) is 0 Å². The molecule has 0 spiro atoms. The molecule has 1 N–H and O–H groups in total. The van der Waals surface area contributed by atoms with Gasteiger partial charge in [-0.3, -0.25) is 0 Å². The zero-order valence-electron chi connectivity index (χ0n) is 8.61. The van der Waals surface area contributed by atoms with Crippen LogP contribution in [0.4, 0.5) is 11.5 Å². The minimum Gasteiger partial charge on any atom is -0.339 e. The lowest BCUT2D eigenvalue weighted by Gasteiger charge is -2.07. The Morgan fingerprint density at radius 3 is 2.59 bits per heavy atom. The average Bonchev–Trinajstić information content (AvgIpc) is 2.35. The fraction of sp³-hybridized carbons (Fsp3) is 0. The van der Waals surface area contributed by atoms with Gasteiger partial charge in [0.15, 0.2) is 5.82 Å². The monoisotopic (exact) mass is 307 g/mol. The Morgan fingerprint density at radius 2 is 1.94 bits per heavy atom. The van der Waals surface area contributed by atoms with E-state index in [4.69, 9.17) is 16.9 Å². The van der Waals surface area contributed by atoms with Gasteiger partial charge in [0.05, 0.1) is 5.56 Å². The van der Waals surface area contributed by atoms with Crippen LogP contribution in [0.25, 0.3) is 0 Å². The molecule has 3 nitrogen and oxygen atoms in total. The topological polar surface area (TPSA) is 48.7 Å². The average molecular weight is 309 g/mol. The Morgan fingerprint density at radius 1 is 1.24 bits per heavy atom. The molecule has 0 aliphatic carbocycles. The van der Waals surface area contributed by atoms with Crippen LogP contribution >= 0.6 is 27.5 Å². The van der Waals surface area contributed by atoms with E-state index >= 15 is 0 Å². The number of rotatable bonds is 2. The highest BCUT2D eigenvalue weighted by Crippen LogP contribution is 2.26. The van der Waals surface area contributed by atoms with Crippen molar-refractivity contribution in [3.05, 3.63) is 51.6 Å². The lowest BCUT2D eigenvalue weighted by molar-refractivity contribution is 1.29. The van der Waals surface area contributed by atoms with E-state index < -0.39 is 0 Å². The Balaban J connectivity index is 2.31. The Kier molecular flexibility index (Phi) is 3.62. The third-order valence-electron chi connectivity index (χ3n) is 2.12. The number of aromatic nitrogens is 1. The lowest BCUT2D eigenvalue weighted by atomic mass is 10.2. The van der Waals surface area contributed by atoms with Crippen LogP contribution < -0.4 is 5.32 Å². The predicted octanol–water partition coefficient (Wildman–Crippen LogP) is 4.11. The summed E-state index contributed by atoms with van der Waals surface area (Å²) in [5.41, 5.74) is 1.26. The van der Waals surface area contributed by atoms with E-state index in [1.807, 2.05) is 30.3 Å². The molecule has 0 atom stereocenters. The quantitative estimate of drug-likeness (QED) is 0.908. The minimum atomic E-state index is 0.331. The van der Waals surface area contributed by atoms with E-state index in [2.05, 4.69) is 26.2 Å². The molecule has 0 aliphatic rings. The maximum atomic E-state index is 8.85. The Bertz CT molecular complexity index is 575. The number of nitrogens with one attached hydrogen (secondary N) is 1. The first-order valence-corrected chi connectivity index (χ1v) is 5.95. The van der Waals surface area contributed by atoms with Gasteiger partial charge in [0.1, 0.15) is 11.1 Å². The first-order chi connectivity index (χ1) is 8.20. The molecule has 0 amide bonds. The number of benzene rings is 1. The number of nitrogens with zero attached hydrogens (tertiary/aromatic N) is 2. The molecule has 5 heteroatoms. The fourth-order valence-corrected chi connectivity index (χ4v) is 1.75. The molecule has 0 bridgehead atoms. The van der Waals surface area contributed by atoms with Crippen LogP contribution in [0.3, 0.4) is 0 Å². The molecule has 2 aromatic rings. The van der Waals surface area contributed by atoms with Crippen molar-refractivity contribution in [2.45, 2.75) is 0 Å². The molecule has 0 radical (unpaired) electrons. The second-order valence-corrected chi connectivity index (χ2v) is 4.56. The van der Waals surface area contributed by atoms with Crippen LogP contribution in [-0.2, 0) is 0 Å². The first kappa shape index (κ1) is 11.9. The van der Waals surface area contributed by atoms with Crippen molar-refractivity contribution >= 4 is 39.0 Å². The molecule has 0 saturated carbocycles. The molecule has 2 rings (SSSR count). The summed E-state index contributed by atoms with van der Waals surface area (Å²) in [7, 11) is 0. The highest BCUT2D eigenvalue weighted by molar-refractivity contribution is 9.10. The molecule has 1 aromatic heterocycles. The molecule has 1 aromatic carbocycles. The molecular weight excluding hydrogens is 302 g/mol. The van der Waals surface area contributed by atoms with Crippen molar-refractivity contribution in [3.63, 3.8) is 0 Å². The third-order valence-corrected chi connectivity index (χ3v) is 3.03. The van der Waals surface area contributed by atoms with E-state index in [0.717, 1.165) is 10.2 Å². The van der Waals surface area contributed by atoms with Gasteiger partial charge in [0, 0.05) is 16.4 Å². The largest absolute Gasteiger partial charge is 0.339 e. The molecule has 0 unspecified atom stereocenters. The minimum absolute atomic E-state index is 0.331. The zero-order valence-corrected chi connectivity index (χ0v) is 11.0. The van der Waals surface area contributed by atoms with E-state index in [-0.39, 0.29) is 0 Å². The van der Waals surface area contributed by atoms with Crippen molar-refractivity contribution in [1.29, 1.82) is 5.26 Å². The van der Waals surface area contributed by atoms with Crippen LogP contribution in [0.5, 0.6) is 0 Å². The first-order valence-electron chi connectivity index (χ1n) is 4.78. The van der Waals surface area contributed by atoms with Crippen molar-refractivity contribution in [2.75, 3.05) is 5.32 Å². The molecule has 0 aliphatic heterocycles. The van der Waals surface area contributed by atoms with Gasteiger partial charge in [0.2, 0.25) is 0 Å². The van der Waals surface area contributed by atoms with Crippen LogP contribution in [0, 0.1) is 11.3 Å². The molecule has 1 heterocycles. The smallest absolute Gasteiger partial charge is 0.150 e. The van der Waals surface area contributed by atoms with Crippen LogP contribution in [0.2, 0.25) is 5.02 Å². The summed E-state index contributed by atoms with van der Waals surface area (Å²) in [4.78, 5) is 4.10. The summed E-state index contributed by atoms with van der Waals surface area (Å²) in [5.74, 6) is 0.480. The van der Waals surface area contributed by atoms with E-state index in [9.17, 15) is 0 Å². The van der Waals surface area contributed by atoms with Gasteiger partial charge in [-0.15, -0.1) is 0 Å². The number of hydrogen-bond donors (Lipinski definition) is 1. The number of anilines is 2. The van der Waals surface area contributed by atoms with Crippen molar-refractivity contribution in [2.24, 2.45) is 0 Å². The summed E-state index contributed by atoms with van der Waals surface area (Å²) < 4.78 is 0.993. The number of nitriles is 1. The Hall–Kier alpha value is -1.57. The second kappa shape index (κ2) is 5.17. The summed E-state index contributed by atoms with van der Waals surface area (Å²) in [5, 5.41) is 12.2. The van der Waals surface area contributed by atoms with Crippen LogP contribution in [-0.4, -0.2) is 4.98 Å². The predicted molar refractivity (Wildman–Crippen MR) is 71.4 cm³/mol. The zero-order chi connectivity index (χ0) is 12.3. The van der Waals surface area contributed by atoms with Gasteiger partial charge in [-0.2, -0.15) is 5.26 Å². The lowest BCUT2D eigenvalue weighted by Crippen LogP contribution is -1.95. The maximum absolute atomic E-state index is 8.85. The van der Waals surface area contributed by atoms with Gasteiger partial charge in [-0.1, -0.05) is 27.5 Å². The Labute approximate surface area is 112 Å². The standard InChI is InChI=1S/C12H7BrClN3/c13-9-1-3-10(4-2-9)17-12-11(14)8(7-15)5-6-16-12/h1-6H,(H,16,17). The van der Waals surface area contributed by atoms with Crippen LogP contribution in [0.1, 0.15) is 5.56 Å². The SMILES string of the molecule is N#Cc1ccnc(Nc2ccc(Br)cc2)c1Cl. The van der Waals surface area contributed by atoms with E-state index in [0.29, 0.717) is 16.4 Å². The van der Waals surface area contributed by atoms with Gasteiger partial charge in [-0.05, 0) is 30.3 Å². The molecule has 0 saturated heterocycles. The van der Waals surface area contributed by atoms with E-state index in [1.54, 1.807) is 12.3 Å². The highest BCUT2D eigenvalue weighted by Gasteiger charge is 2.06.